The van der Waals surface area contributed by atoms with E-state index in [0.29, 0.717) is 6.42 Å². The summed E-state index contributed by atoms with van der Waals surface area (Å²) in [5.41, 5.74) is 2.27. The van der Waals surface area contributed by atoms with Crippen LogP contribution in [0.15, 0.2) is 24.3 Å². The van der Waals surface area contributed by atoms with Gasteiger partial charge in [-0.25, -0.2) is 0 Å². The highest BCUT2D eigenvalue weighted by Crippen LogP contribution is 2.32. The first-order valence-electron chi connectivity index (χ1n) is 7.09. The molecule has 0 unspecified atom stereocenters. The molecule has 1 fully saturated rings. The van der Waals surface area contributed by atoms with Crippen molar-refractivity contribution in [1.82, 2.24) is 5.32 Å². The topological polar surface area (TPSA) is 29.1 Å². The SMILES string of the molecule is CNCCC(=O)c1ccc(C2CCCCC2)cc1. The van der Waals surface area contributed by atoms with Gasteiger partial charge < -0.3 is 5.32 Å². The number of Topliss-reactive ketones (excluding diaryl/α,β-unsaturated/α-hetero) is 1. The molecule has 18 heavy (non-hydrogen) atoms. The number of carbonyl (C=O) groups is 1. The molecule has 98 valence electrons. The van der Waals surface area contributed by atoms with E-state index in [0.717, 1.165) is 18.0 Å². The second kappa shape index (κ2) is 6.69. The van der Waals surface area contributed by atoms with Crippen molar-refractivity contribution < 1.29 is 4.79 Å². The summed E-state index contributed by atoms with van der Waals surface area (Å²) in [6.45, 7) is 0.753. The summed E-state index contributed by atoms with van der Waals surface area (Å²) in [5.74, 6) is 0.958. The van der Waals surface area contributed by atoms with Gasteiger partial charge in [-0.05, 0) is 31.4 Å². The Bertz CT molecular complexity index is 377. The van der Waals surface area contributed by atoms with Crippen molar-refractivity contribution >= 4 is 5.78 Å². The van der Waals surface area contributed by atoms with Crippen LogP contribution >= 0.6 is 0 Å². The van der Waals surface area contributed by atoms with Crippen LogP contribution < -0.4 is 5.32 Å². The zero-order chi connectivity index (χ0) is 12.8. The number of ketones is 1. The van der Waals surface area contributed by atoms with Gasteiger partial charge in [-0.1, -0.05) is 43.5 Å². The molecule has 1 aromatic rings. The fourth-order valence-electron chi connectivity index (χ4n) is 2.76. The third-order valence-corrected chi connectivity index (χ3v) is 3.91. The zero-order valence-corrected chi connectivity index (χ0v) is 11.2. The average Bonchev–Trinajstić information content (AvgIpc) is 2.46. The van der Waals surface area contributed by atoms with Crippen LogP contribution in [0.2, 0.25) is 0 Å². The van der Waals surface area contributed by atoms with Crippen molar-refractivity contribution in [2.24, 2.45) is 0 Å². The third-order valence-electron chi connectivity index (χ3n) is 3.91. The Morgan fingerprint density at radius 3 is 2.44 bits per heavy atom. The lowest BCUT2D eigenvalue weighted by Gasteiger charge is -2.22. The molecular weight excluding hydrogens is 222 g/mol. The van der Waals surface area contributed by atoms with Crippen LogP contribution in [0.4, 0.5) is 0 Å². The summed E-state index contributed by atoms with van der Waals surface area (Å²) in [5, 5.41) is 3.01. The van der Waals surface area contributed by atoms with E-state index in [1.165, 1.54) is 37.7 Å². The van der Waals surface area contributed by atoms with Gasteiger partial charge in [0, 0.05) is 18.5 Å². The molecule has 2 rings (SSSR count). The molecule has 0 aromatic heterocycles. The van der Waals surface area contributed by atoms with Crippen molar-refractivity contribution in [3.05, 3.63) is 35.4 Å². The molecule has 0 heterocycles. The van der Waals surface area contributed by atoms with E-state index in [2.05, 4.69) is 17.4 Å². The minimum atomic E-state index is 0.236. The van der Waals surface area contributed by atoms with Crippen molar-refractivity contribution in [3.8, 4) is 0 Å². The average molecular weight is 245 g/mol. The Labute approximate surface area is 110 Å². The number of nitrogens with one attached hydrogen (secondary N) is 1. The fraction of sp³-hybridized carbons (Fsp3) is 0.562. The summed E-state index contributed by atoms with van der Waals surface area (Å²) in [6, 6.07) is 8.31. The highest BCUT2D eigenvalue weighted by molar-refractivity contribution is 5.96. The maximum atomic E-state index is 11.9. The molecule has 0 radical (unpaired) electrons. The molecule has 0 amide bonds. The van der Waals surface area contributed by atoms with Crippen LogP contribution in [0.1, 0.15) is 60.4 Å². The van der Waals surface area contributed by atoms with Crippen LogP contribution in [-0.2, 0) is 0 Å². The Kier molecular flexibility index (Phi) is 4.94. The highest BCUT2D eigenvalue weighted by Gasteiger charge is 2.15. The van der Waals surface area contributed by atoms with Gasteiger partial charge in [0.05, 0.1) is 0 Å². The number of rotatable bonds is 5. The molecule has 0 bridgehead atoms. The van der Waals surface area contributed by atoms with Crippen LogP contribution in [-0.4, -0.2) is 19.4 Å². The second-order valence-corrected chi connectivity index (χ2v) is 5.23. The lowest BCUT2D eigenvalue weighted by atomic mass is 9.84. The number of hydrogen-bond acceptors (Lipinski definition) is 2. The first-order valence-corrected chi connectivity index (χ1v) is 7.09. The normalized spacial score (nSPS) is 16.7. The van der Waals surface area contributed by atoms with Gasteiger partial charge in [0.2, 0.25) is 0 Å². The molecule has 2 heteroatoms. The summed E-state index contributed by atoms with van der Waals surface area (Å²) >= 11 is 0. The Morgan fingerprint density at radius 1 is 1.17 bits per heavy atom. The minimum Gasteiger partial charge on any atom is -0.319 e. The van der Waals surface area contributed by atoms with E-state index in [4.69, 9.17) is 0 Å². The highest BCUT2D eigenvalue weighted by atomic mass is 16.1. The van der Waals surface area contributed by atoms with Gasteiger partial charge in [-0.3, -0.25) is 4.79 Å². The number of benzene rings is 1. The standard InChI is InChI=1S/C16H23NO/c1-17-12-11-16(18)15-9-7-14(8-10-15)13-5-3-2-4-6-13/h7-10,13,17H,2-6,11-12H2,1H3. The first-order chi connectivity index (χ1) is 8.81. The maximum absolute atomic E-state index is 11.9. The predicted octanol–water partition coefficient (Wildman–Crippen LogP) is 3.53. The Balaban J connectivity index is 1.98. The van der Waals surface area contributed by atoms with Crippen LogP contribution in [0, 0.1) is 0 Å². The number of hydrogen-bond donors (Lipinski definition) is 1. The lowest BCUT2D eigenvalue weighted by Crippen LogP contribution is -2.13. The van der Waals surface area contributed by atoms with Crippen LogP contribution in [0.5, 0.6) is 0 Å². The van der Waals surface area contributed by atoms with Crippen molar-refractivity contribution in [3.63, 3.8) is 0 Å². The van der Waals surface area contributed by atoms with Gasteiger partial charge in [-0.2, -0.15) is 0 Å². The van der Waals surface area contributed by atoms with E-state index in [1.807, 2.05) is 19.2 Å². The molecule has 0 spiro atoms. The van der Waals surface area contributed by atoms with Gasteiger partial charge in [0.15, 0.2) is 5.78 Å². The molecule has 0 aliphatic heterocycles. The van der Waals surface area contributed by atoms with Crippen LogP contribution in [0.3, 0.4) is 0 Å². The fourth-order valence-corrected chi connectivity index (χ4v) is 2.76. The quantitative estimate of drug-likeness (QED) is 0.804. The van der Waals surface area contributed by atoms with E-state index in [1.54, 1.807) is 0 Å². The van der Waals surface area contributed by atoms with Gasteiger partial charge in [-0.15, -0.1) is 0 Å². The third kappa shape index (κ3) is 3.42. The molecule has 1 aliphatic rings. The predicted molar refractivity (Wildman–Crippen MR) is 75.1 cm³/mol. The molecule has 2 nitrogen and oxygen atoms in total. The van der Waals surface area contributed by atoms with Crippen LogP contribution in [0.25, 0.3) is 0 Å². The van der Waals surface area contributed by atoms with Crippen molar-refractivity contribution in [2.75, 3.05) is 13.6 Å². The first kappa shape index (κ1) is 13.3. The molecule has 0 atom stereocenters. The second-order valence-electron chi connectivity index (χ2n) is 5.23. The zero-order valence-electron chi connectivity index (χ0n) is 11.2. The molecule has 1 saturated carbocycles. The van der Waals surface area contributed by atoms with Crippen molar-refractivity contribution in [2.45, 2.75) is 44.4 Å². The molecule has 0 saturated heterocycles. The smallest absolute Gasteiger partial charge is 0.164 e. The Hall–Kier alpha value is -1.15. The Morgan fingerprint density at radius 2 is 1.83 bits per heavy atom. The minimum absolute atomic E-state index is 0.236. The largest absolute Gasteiger partial charge is 0.319 e. The van der Waals surface area contributed by atoms with E-state index >= 15 is 0 Å². The van der Waals surface area contributed by atoms with E-state index in [-0.39, 0.29) is 5.78 Å². The van der Waals surface area contributed by atoms with E-state index in [9.17, 15) is 4.79 Å². The summed E-state index contributed by atoms with van der Waals surface area (Å²) in [7, 11) is 1.87. The van der Waals surface area contributed by atoms with Crippen molar-refractivity contribution in [1.29, 1.82) is 0 Å². The molecule has 1 N–H and O–H groups in total. The molecule has 1 aromatic carbocycles. The summed E-state index contributed by atoms with van der Waals surface area (Å²) in [6.07, 6.45) is 7.30. The maximum Gasteiger partial charge on any atom is 0.164 e. The van der Waals surface area contributed by atoms with E-state index < -0.39 is 0 Å². The summed E-state index contributed by atoms with van der Waals surface area (Å²) in [4.78, 5) is 11.9. The molecular formula is C16H23NO. The van der Waals surface area contributed by atoms with Gasteiger partial charge in [0.25, 0.3) is 0 Å². The van der Waals surface area contributed by atoms with Gasteiger partial charge in [0.1, 0.15) is 0 Å². The number of carbonyl (C=O) groups excluding carboxylic acids is 1. The van der Waals surface area contributed by atoms with Gasteiger partial charge >= 0.3 is 0 Å². The molecule has 1 aliphatic carbocycles. The lowest BCUT2D eigenvalue weighted by molar-refractivity contribution is 0.0983. The monoisotopic (exact) mass is 245 g/mol. The summed E-state index contributed by atoms with van der Waals surface area (Å²) < 4.78 is 0.